The summed E-state index contributed by atoms with van der Waals surface area (Å²) in [7, 11) is 0. The molecule has 154 valence electrons. The normalized spacial score (nSPS) is 11.6. The van der Waals surface area contributed by atoms with E-state index in [4.69, 9.17) is 4.52 Å². The number of carbonyl (C=O) groups is 1. The standard InChI is InChI=1S/C19H20F3N5O2/c1-3-4-5-6-16(28)25-13-7-9-14(10-8-13)27-17(19(20,21)22)15(11-23-27)18-24-12(2)26-29-18/h7-11H,3-6H2,1-2H3,(H,25,28). The first-order valence-electron chi connectivity index (χ1n) is 9.15. The maximum Gasteiger partial charge on any atom is 0.434 e. The van der Waals surface area contributed by atoms with Crippen molar-refractivity contribution in [2.24, 2.45) is 0 Å². The molecule has 0 atom stereocenters. The topological polar surface area (TPSA) is 85.8 Å². The van der Waals surface area contributed by atoms with Gasteiger partial charge in [0.15, 0.2) is 11.5 Å². The van der Waals surface area contributed by atoms with Crippen molar-refractivity contribution in [2.75, 3.05) is 5.32 Å². The largest absolute Gasteiger partial charge is 0.434 e. The van der Waals surface area contributed by atoms with E-state index in [1.807, 2.05) is 6.92 Å². The number of alkyl halides is 3. The number of anilines is 1. The predicted octanol–water partition coefficient (Wildman–Crippen LogP) is 4.77. The zero-order valence-electron chi connectivity index (χ0n) is 16.0. The Balaban J connectivity index is 1.85. The summed E-state index contributed by atoms with van der Waals surface area (Å²) in [6, 6.07) is 5.97. The first-order chi connectivity index (χ1) is 13.8. The molecule has 0 saturated carbocycles. The Morgan fingerprint density at radius 2 is 1.93 bits per heavy atom. The van der Waals surface area contributed by atoms with E-state index in [9.17, 15) is 18.0 Å². The van der Waals surface area contributed by atoms with E-state index in [1.54, 1.807) is 0 Å². The molecule has 0 fully saturated rings. The molecule has 3 aromatic rings. The fraction of sp³-hybridized carbons (Fsp3) is 0.368. The minimum absolute atomic E-state index is 0.129. The van der Waals surface area contributed by atoms with Gasteiger partial charge >= 0.3 is 6.18 Å². The van der Waals surface area contributed by atoms with Gasteiger partial charge in [0.05, 0.1) is 17.4 Å². The molecule has 1 amide bonds. The molecule has 0 aliphatic rings. The van der Waals surface area contributed by atoms with Crippen LogP contribution in [0.15, 0.2) is 35.0 Å². The van der Waals surface area contributed by atoms with Gasteiger partial charge in [-0.1, -0.05) is 24.9 Å². The highest BCUT2D eigenvalue weighted by Gasteiger charge is 2.40. The fourth-order valence-corrected chi connectivity index (χ4v) is 2.82. The first-order valence-corrected chi connectivity index (χ1v) is 9.15. The minimum Gasteiger partial charge on any atom is -0.334 e. The second-order valence-electron chi connectivity index (χ2n) is 6.52. The number of aromatic nitrogens is 4. The molecule has 0 saturated heterocycles. The van der Waals surface area contributed by atoms with Gasteiger partial charge in [-0.3, -0.25) is 4.79 Å². The Bertz CT molecular complexity index is 977. The van der Waals surface area contributed by atoms with E-state index in [-0.39, 0.29) is 28.9 Å². The molecule has 0 bridgehead atoms. The molecule has 10 heteroatoms. The summed E-state index contributed by atoms with van der Waals surface area (Å²) in [6.07, 6.45) is -0.480. The fourth-order valence-electron chi connectivity index (χ4n) is 2.82. The van der Waals surface area contributed by atoms with Crippen molar-refractivity contribution in [1.82, 2.24) is 19.9 Å². The molecule has 1 N–H and O–H groups in total. The maximum atomic E-state index is 13.7. The highest BCUT2D eigenvalue weighted by molar-refractivity contribution is 5.90. The summed E-state index contributed by atoms with van der Waals surface area (Å²) < 4.78 is 46.8. The predicted molar refractivity (Wildman–Crippen MR) is 99.4 cm³/mol. The van der Waals surface area contributed by atoms with Crippen LogP contribution in [-0.4, -0.2) is 25.8 Å². The number of hydrogen-bond acceptors (Lipinski definition) is 5. The third-order valence-corrected chi connectivity index (χ3v) is 4.20. The molecule has 2 heterocycles. The van der Waals surface area contributed by atoms with Gasteiger partial charge in [0.1, 0.15) is 0 Å². The number of rotatable bonds is 7. The lowest BCUT2D eigenvalue weighted by Crippen LogP contribution is -2.15. The third-order valence-electron chi connectivity index (χ3n) is 4.20. The molecule has 0 unspecified atom stereocenters. The van der Waals surface area contributed by atoms with Crippen LogP contribution in [0.3, 0.4) is 0 Å². The van der Waals surface area contributed by atoms with E-state index in [0.717, 1.165) is 30.1 Å². The van der Waals surface area contributed by atoms with Crippen molar-refractivity contribution < 1.29 is 22.5 Å². The van der Waals surface area contributed by atoms with Crippen LogP contribution in [0.2, 0.25) is 0 Å². The number of unbranched alkanes of at least 4 members (excludes halogenated alkanes) is 2. The first kappa shape index (κ1) is 20.6. The molecule has 0 aliphatic heterocycles. The van der Waals surface area contributed by atoms with E-state index in [0.29, 0.717) is 12.1 Å². The molecule has 0 radical (unpaired) electrons. The van der Waals surface area contributed by atoms with Crippen LogP contribution in [0.25, 0.3) is 17.1 Å². The molecule has 29 heavy (non-hydrogen) atoms. The monoisotopic (exact) mass is 407 g/mol. The molecule has 1 aromatic carbocycles. The molecule has 7 nitrogen and oxygen atoms in total. The van der Waals surface area contributed by atoms with Crippen molar-refractivity contribution in [3.63, 3.8) is 0 Å². The van der Waals surface area contributed by atoms with Crippen LogP contribution in [0.1, 0.15) is 44.1 Å². The summed E-state index contributed by atoms with van der Waals surface area (Å²) in [5, 5.41) is 10.1. The molecular formula is C19H20F3N5O2. The summed E-state index contributed by atoms with van der Waals surface area (Å²) in [5.41, 5.74) is -0.628. The van der Waals surface area contributed by atoms with Crippen LogP contribution < -0.4 is 5.32 Å². The number of halogens is 3. The zero-order valence-corrected chi connectivity index (χ0v) is 16.0. The number of nitrogens with zero attached hydrogens (tertiary/aromatic N) is 4. The highest BCUT2D eigenvalue weighted by atomic mass is 19.4. The van der Waals surface area contributed by atoms with E-state index >= 15 is 0 Å². The van der Waals surface area contributed by atoms with Gasteiger partial charge in [-0.2, -0.15) is 23.3 Å². The summed E-state index contributed by atoms with van der Waals surface area (Å²) in [6.45, 7) is 3.56. The summed E-state index contributed by atoms with van der Waals surface area (Å²) in [5.74, 6) is -0.160. The number of aryl methyl sites for hydroxylation is 1. The second-order valence-corrected chi connectivity index (χ2v) is 6.52. The van der Waals surface area contributed by atoms with E-state index in [1.165, 1.54) is 31.2 Å². The average molecular weight is 407 g/mol. The smallest absolute Gasteiger partial charge is 0.334 e. The van der Waals surface area contributed by atoms with Gasteiger partial charge in [0.25, 0.3) is 5.89 Å². The van der Waals surface area contributed by atoms with Crippen LogP contribution >= 0.6 is 0 Å². The molecule has 0 aliphatic carbocycles. The third kappa shape index (κ3) is 4.82. The number of amides is 1. The van der Waals surface area contributed by atoms with Crippen molar-refractivity contribution in [1.29, 1.82) is 0 Å². The number of nitrogens with one attached hydrogen (secondary N) is 1. The lowest BCUT2D eigenvalue weighted by molar-refractivity contribution is -0.142. The van der Waals surface area contributed by atoms with Crippen LogP contribution in [0, 0.1) is 6.92 Å². The van der Waals surface area contributed by atoms with Crippen molar-refractivity contribution >= 4 is 11.6 Å². The van der Waals surface area contributed by atoms with Crippen LogP contribution in [0.5, 0.6) is 0 Å². The number of benzene rings is 1. The SMILES string of the molecule is CCCCCC(=O)Nc1ccc(-n2ncc(-c3nc(C)no3)c2C(F)(F)F)cc1. The quantitative estimate of drug-likeness (QED) is 0.570. The van der Waals surface area contributed by atoms with Crippen LogP contribution in [-0.2, 0) is 11.0 Å². The minimum atomic E-state index is -4.69. The molecule has 0 spiro atoms. The second kappa shape index (κ2) is 8.46. The van der Waals surface area contributed by atoms with Gasteiger partial charge < -0.3 is 9.84 Å². The van der Waals surface area contributed by atoms with Gasteiger partial charge in [-0.15, -0.1) is 0 Å². The van der Waals surface area contributed by atoms with Gasteiger partial charge in [0.2, 0.25) is 5.91 Å². The lowest BCUT2D eigenvalue weighted by atomic mass is 10.2. The lowest BCUT2D eigenvalue weighted by Gasteiger charge is -2.12. The Hall–Kier alpha value is -3.17. The zero-order chi connectivity index (χ0) is 21.0. The number of hydrogen-bond donors (Lipinski definition) is 1. The number of carbonyl (C=O) groups excluding carboxylic acids is 1. The maximum absolute atomic E-state index is 13.7. The van der Waals surface area contributed by atoms with Crippen LogP contribution in [0.4, 0.5) is 18.9 Å². The summed E-state index contributed by atoms with van der Waals surface area (Å²) in [4.78, 5) is 15.8. The Morgan fingerprint density at radius 3 is 2.52 bits per heavy atom. The van der Waals surface area contributed by atoms with Gasteiger partial charge in [-0.25, -0.2) is 4.68 Å². The van der Waals surface area contributed by atoms with Crippen molar-refractivity contribution in [2.45, 2.75) is 45.7 Å². The Labute approximate surface area is 164 Å². The van der Waals surface area contributed by atoms with E-state index < -0.39 is 11.9 Å². The Morgan fingerprint density at radius 1 is 1.21 bits per heavy atom. The average Bonchev–Trinajstić information content (AvgIpc) is 3.28. The van der Waals surface area contributed by atoms with Gasteiger partial charge in [0, 0.05) is 12.1 Å². The van der Waals surface area contributed by atoms with Crippen molar-refractivity contribution in [3.8, 4) is 17.1 Å². The Kier molecular flexibility index (Phi) is 6.00. The van der Waals surface area contributed by atoms with E-state index in [2.05, 4.69) is 20.6 Å². The molecule has 2 aromatic heterocycles. The highest BCUT2D eigenvalue weighted by Crippen LogP contribution is 2.37. The summed E-state index contributed by atoms with van der Waals surface area (Å²) >= 11 is 0. The van der Waals surface area contributed by atoms with Gasteiger partial charge in [-0.05, 0) is 37.6 Å². The molecular weight excluding hydrogens is 387 g/mol. The molecule has 3 rings (SSSR count). The van der Waals surface area contributed by atoms with Crippen molar-refractivity contribution in [3.05, 3.63) is 42.0 Å².